The quantitative estimate of drug-likeness (QED) is 0.630. The van der Waals surface area contributed by atoms with Crippen molar-refractivity contribution in [3.8, 4) is 11.5 Å². The fraction of sp³-hybridized carbons (Fsp3) is 0.333. The molecule has 130 valence electrons. The van der Waals surface area contributed by atoms with Gasteiger partial charge in [-0.15, -0.1) is 0 Å². The van der Waals surface area contributed by atoms with Crippen LogP contribution in [0.4, 0.5) is 4.79 Å². The van der Waals surface area contributed by atoms with Crippen LogP contribution in [0.25, 0.3) is 11.5 Å². The van der Waals surface area contributed by atoms with Gasteiger partial charge in [0.25, 0.3) is 0 Å². The summed E-state index contributed by atoms with van der Waals surface area (Å²) in [6.07, 6.45) is 1.40. The molecule has 0 bridgehead atoms. The van der Waals surface area contributed by atoms with E-state index in [1.54, 1.807) is 13.8 Å². The van der Waals surface area contributed by atoms with Crippen LogP contribution in [0.15, 0.2) is 28.9 Å². The van der Waals surface area contributed by atoms with E-state index in [0.29, 0.717) is 11.6 Å². The van der Waals surface area contributed by atoms with Gasteiger partial charge in [0.05, 0.1) is 12.2 Å². The summed E-state index contributed by atoms with van der Waals surface area (Å²) in [5, 5.41) is 0. The van der Waals surface area contributed by atoms with Crippen molar-refractivity contribution >= 4 is 17.8 Å². The molecule has 3 rings (SSSR count). The molecule has 1 aliphatic rings. The molecule has 1 aliphatic heterocycles. The molecular weight excluding hydrogens is 322 g/mol. The molecule has 25 heavy (non-hydrogen) atoms. The van der Waals surface area contributed by atoms with Crippen LogP contribution in [0.5, 0.6) is 0 Å². The smallest absolute Gasteiger partial charge is 0.334 e. The van der Waals surface area contributed by atoms with E-state index in [2.05, 4.69) is 4.98 Å². The monoisotopic (exact) mass is 341 g/mol. The van der Waals surface area contributed by atoms with Crippen LogP contribution in [0.3, 0.4) is 0 Å². The lowest BCUT2D eigenvalue weighted by Crippen LogP contribution is -2.37. The number of aromatic nitrogens is 1. The molecule has 2 aromatic rings. The number of urea groups is 1. The second kappa shape index (κ2) is 6.16. The molecule has 7 nitrogen and oxygen atoms in total. The number of carbonyl (C=O) groups excluding carboxylic acids is 3. The van der Waals surface area contributed by atoms with Gasteiger partial charge in [-0.1, -0.05) is 17.7 Å². The van der Waals surface area contributed by atoms with Gasteiger partial charge in [-0.2, -0.15) is 0 Å². The van der Waals surface area contributed by atoms with Gasteiger partial charge in [0.1, 0.15) is 6.26 Å². The van der Waals surface area contributed by atoms with E-state index in [0.717, 1.165) is 26.5 Å². The first-order valence-electron chi connectivity index (χ1n) is 8.00. The van der Waals surface area contributed by atoms with Gasteiger partial charge in [-0.3, -0.25) is 14.5 Å². The average Bonchev–Trinajstić information content (AvgIpc) is 3.07. The number of aryl methyl sites for hydroxylation is 2. The maximum absolute atomic E-state index is 12.3. The zero-order chi connectivity index (χ0) is 18.3. The third-order valence-corrected chi connectivity index (χ3v) is 4.08. The molecule has 0 radical (unpaired) electrons. The van der Waals surface area contributed by atoms with Crippen LogP contribution in [0, 0.1) is 13.8 Å². The molecule has 0 N–H and O–H groups in total. The molecule has 4 amide bonds. The first-order valence-corrected chi connectivity index (χ1v) is 8.00. The van der Waals surface area contributed by atoms with Crippen LogP contribution in [0.2, 0.25) is 0 Å². The zero-order valence-corrected chi connectivity index (χ0v) is 14.6. The molecule has 1 saturated heterocycles. The van der Waals surface area contributed by atoms with Gasteiger partial charge in [0.2, 0.25) is 5.89 Å². The molecule has 0 aliphatic carbocycles. The van der Waals surface area contributed by atoms with Gasteiger partial charge in [-0.25, -0.2) is 14.7 Å². The predicted molar refractivity (Wildman–Crippen MR) is 89.3 cm³/mol. The van der Waals surface area contributed by atoms with E-state index >= 15 is 0 Å². The second-order valence-electron chi connectivity index (χ2n) is 6.41. The Hall–Kier alpha value is -2.96. The minimum Gasteiger partial charge on any atom is -0.444 e. The summed E-state index contributed by atoms with van der Waals surface area (Å²) in [4.78, 5) is 42.5. The predicted octanol–water partition coefficient (Wildman–Crippen LogP) is 2.66. The molecule has 0 atom stereocenters. The summed E-state index contributed by atoms with van der Waals surface area (Å²) in [6, 6.07) is 4.89. The summed E-state index contributed by atoms with van der Waals surface area (Å²) in [5.41, 5.74) is 3.40. The van der Waals surface area contributed by atoms with Crippen molar-refractivity contribution in [2.24, 2.45) is 0 Å². The van der Waals surface area contributed by atoms with Crippen LogP contribution < -0.4 is 0 Å². The number of oxazole rings is 1. The number of rotatable bonds is 4. The lowest BCUT2D eigenvalue weighted by molar-refractivity contribution is -0.144. The number of imide groups is 2. The summed E-state index contributed by atoms with van der Waals surface area (Å²) in [5.74, 6) is -1.23. The topological polar surface area (TPSA) is 83.7 Å². The Morgan fingerprint density at radius 2 is 1.84 bits per heavy atom. The standard InChI is InChI=1S/C18H19N3O4/c1-10(2)21-17(23)16(22)20(18(21)24)8-13-9-25-15(19-13)14-6-5-11(3)7-12(14)4/h5-7,9-10H,8H2,1-4H3. The van der Waals surface area contributed by atoms with Crippen molar-refractivity contribution in [2.45, 2.75) is 40.3 Å². The van der Waals surface area contributed by atoms with Crippen LogP contribution in [0.1, 0.15) is 30.7 Å². The highest BCUT2D eigenvalue weighted by atomic mass is 16.3. The number of amides is 4. The van der Waals surface area contributed by atoms with Gasteiger partial charge in [0, 0.05) is 11.6 Å². The van der Waals surface area contributed by atoms with Gasteiger partial charge in [0.15, 0.2) is 0 Å². The van der Waals surface area contributed by atoms with Crippen molar-refractivity contribution in [3.05, 3.63) is 41.3 Å². The number of hydrogen-bond donors (Lipinski definition) is 0. The molecule has 1 fully saturated rings. The summed E-state index contributed by atoms with van der Waals surface area (Å²) in [6.45, 7) is 7.22. The van der Waals surface area contributed by atoms with E-state index in [1.165, 1.54) is 6.26 Å². The molecule has 2 heterocycles. The molecule has 7 heteroatoms. The summed E-state index contributed by atoms with van der Waals surface area (Å²) < 4.78 is 5.49. The first kappa shape index (κ1) is 16.9. The van der Waals surface area contributed by atoms with Crippen molar-refractivity contribution in [1.29, 1.82) is 0 Å². The van der Waals surface area contributed by atoms with E-state index in [1.807, 2.05) is 32.0 Å². The van der Waals surface area contributed by atoms with Gasteiger partial charge >= 0.3 is 17.8 Å². The fourth-order valence-corrected chi connectivity index (χ4v) is 2.84. The SMILES string of the molecule is Cc1ccc(-c2nc(CN3C(=O)C(=O)N(C(C)C)C3=O)co2)c(C)c1. The largest absolute Gasteiger partial charge is 0.444 e. The van der Waals surface area contributed by atoms with E-state index in [-0.39, 0.29) is 12.6 Å². The highest BCUT2D eigenvalue weighted by Gasteiger charge is 2.45. The lowest BCUT2D eigenvalue weighted by atomic mass is 10.1. The maximum Gasteiger partial charge on any atom is 0.334 e. The normalized spacial score (nSPS) is 15.0. The minimum absolute atomic E-state index is 0.0962. The Morgan fingerprint density at radius 1 is 1.12 bits per heavy atom. The number of carbonyl (C=O) groups is 3. The van der Waals surface area contributed by atoms with E-state index < -0.39 is 17.8 Å². The van der Waals surface area contributed by atoms with Crippen molar-refractivity contribution in [1.82, 2.24) is 14.8 Å². The van der Waals surface area contributed by atoms with Crippen molar-refractivity contribution < 1.29 is 18.8 Å². The van der Waals surface area contributed by atoms with Crippen molar-refractivity contribution in [3.63, 3.8) is 0 Å². The number of nitrogens with zero attached hydrogens (tertiary/aromatic N) is 3. The van der Waals surface area contributed by atoms with Gasteiger partial charge < -0.3 is 4.42 Å². The molecule has 1 aromatic heterocycles. The fourth-order valence-electron chi connectivity index (χ4n) is 2.84. The third-order valence-electron chi connectivity index (χ3n) is 4.08. The number of benzene rings is 1. The van der Waals surface area contributed by atoms with E-state index in [9.17, 15) is 14.4 Å². The van der Waals surface area contributed by atoms with Crippen LogP contribution in [-0.2, 0) is 16.1 Å². The van der Waals surface area contributed by atoms with E-state index in [4.69, 9.17) is 4.42 Å². The Morgan fingerprint density at radius 3 is 2.44 bits per heavy atom. The van der Waals surface area contributed by atoms with Gasteiger partial charge in [-0.05, 0) is 39.3 Å². The molecule has 0 unspecified atom stereocenters. The average molecular weight is 341 g/mol. The summed E-state index contributed by atoms with van der Waals surface area (Å²) in [7, 11) is 0. The number of hydrogen-bond acceptors (Lipinski definition) is 5. The maximum atomic E-state index is 12.3. The lowest BCUT2D eigenvalue weighted by Gasteiger charge is -2.17. The third kappa shape index (κ3) is 2.93. The summed E-state index contributed by atoms with van der Waals surface area (Å²) >= 11 is 0. The first-order chi connectivity index (χ1) is 11.8. The molecular formula is C18H19N3O4. The Balaban J connectivity index is 1.83. The Labute approximate surface area is 145 Å². The highest BCUT2D eigenvalue weighted by molar-refractivity contribution is 6.44. The van der Waals surface area contributed by atoms with Crippen molar-refractivity contribution in [2.75, 3.05) is 0 Å². The zero-order valence-electron chi connectivity index (χ0n) is 14.6. The highest BCUT2D eigenvalue weighted by Crippen LogP contribution is 2.25. The van der Waals surface area contributed by atoms with Crippen LogP contribution in [-0.4, -0.2) is 38.7 Å². The Bertz CT molecular complexity index is 869. The molecule has 1 aromatic carbocycles. The minimum atomic E-state index is -0.838. The second-order valence-corrected chi connectivity index (χ2v) is 6.41. The molecule has 0 saturated carbocycles. The molecule has 0 spiro atoms. The van der Waals surface area contributed by atoms with Crippen LogP contribution >= 0.6 is 0 Å². The Kier molecular flexibility index (Phi) is 4.16.